The summed E-state index contributed by atoms with van der Waals surface area (Å²) in [5.74, 6) is -0.364. The number of carbonyl (C=O) groups is 3. The number of thioether (sulfide) groups is 1. The molecule has 1 aromatic carbocycles. The lowest BCUT2D eigenvalue weighted by Crippen LogP contribution is -2.33. The van der Waals surface area contributed by atoms with Gasteiger partial charge in [0.05, 0.1) is 22.9 Å². The number of amides is 3. The molecule has 0 unspecified atom stereocenters. The predicted octanol–water partition coefficient (Wildman–Crippen LogP) is 5.65. The molecular weight excluding hydrogens is 542 g/mol. The molecule has 0 saturated carbocycles. The summed E-state index contributed by atoms with van der Waals surface area (Å²) in [5.41, 5.74) is -0.0697. The van der Waals surface area contributed by atoms with Crippen LogP contribution in [-0.4, -0.2) is 52.9 Å². The number of aromatic nitrogens is 2. The third-order valence-electron chi connectivity index (χ3n) is 4.92. The fourth-order valence-corrected chi connectivity index (χ4v) is 3.74. The molecule has 2 heterocycles. The van der Waals surface area contributed by atoms with Gasteiger partial charge in [-0.15, -0.1) is 11.8 Å². The first-order valence-electron chi connectivity index (χ1n) is 12.0. The molecular formula is C27H30ClN5O5S. The van der Waals surface area contributed by atoms with Gasteiger partial charge in [0.25, 0.3) is 11.8 Å². The van der Waals surface area contributed by atoms with Gasteiger partial charge in [0.2, 0.25) is 0 Å². The molecule has 39 heavy (non-hydrogen) atoms. The van der Waals surface area contributed by atoms with Crippen LogP contribution in [0.2, 0.25) is 5.02 Å². The number of hydrogen-bond acceptors (Lipinski definition) is 8. The fourth-order valence-electron chi connectivity index (χ4n) is 3.20. The van der Waals surface area contributed by atoms with Gasteiger partial charge >= 0.3 is 6.09 Å². The Labute approximate surface area is 236 Å². The number of nitrogens with zero attached hydrogens (tertiary/aromatic N) is 2. The number of nitrogens with one attached hydrogen (secondary N) is 3. The third kappa shape index (κ3) is 9.45. The molecule has 0 spiro atoms. The molecule has 12 heteroatoms. The highest BCUT2D eigenvalue weighted by molar-refractivity contribution is 7.98. The number of carbonyl (C=O) groups excluding carboxylic acids is 3. The Hall–Kier alpha value is -3.83. The number of benzene rings is 1. The first kappa shape index (κ1) is 29.7. The normalized spacial score (nSPS) is 10.9. The average molecular weight is 572 g/mol. The lowest BCUT2D eigenvalue weighted by atomic mass is 10.1. The van der Waals surface area contributed by atoms with Crippen molar-refractivity contribution < 1.29 is 23.9 Å². The van der Waals surface area contributed by atoms with Crippen molar-refractivity contribution in [1.29, 1.82) is 0 Å². The van der Waals surface area contributed by atoms with E-state index in [1.165, 1.54) is 24.2 Å². The zero-order valence-corrected chi connectivity index (χ0v) is 23.6. The van der Waals surface area contributed by atoms with Crippen molar-refractivity contribution in [3.8, 4) is 5.75 Å². The number of alkyl carbamates (subject to hydrolysis) is 1. The molecule has 0 atom stereocenters. The van der Waals surface area contributed by atoms with Crippen molar-refractivity contribution in [2.45, 2.75) is 37.7 Å². The van der Waals surface area contributed by atoms with Crippen molar-refractivity contribution in [3.05, 3.63) is 71.1 Å². The lowest BCUT2D eigenvalue weighted by Gasteiger charge is -2.19. The van der Waals surface area contributed by atoms with Gasteiger partial charge in [-0.2, -0.15) is 0 Å². The van der Waals surface area contributed by atoms with Gasteiger partial charge in [0.15, 0.2) is 5.69 Å². The molecule has 3 aromatic rings. The summed E-state index contributed by atoms with van der Waals surface area (Å²) in [6.07, 6.45) is 4.77. The Bertz CT molecular complexity index is 1310. The van der Waals surface area contributed by atoms with E-state index in [0.717, 1.165) is 4.90 Å². The molecule has 0 aliphatic heterocycles. The Morgan fingerprint density at radius 3 is 2.51 bits per heavy atom. The van der Waals surface area contributed by atoms with E-state index in [0.29, 0.717) is 23.7 Å². The summed E-state index contributed by atoms with van der Waals surface area (Å²) in [6.45, 7) is 5.97. The highest BCUT2D eigenvalue weighted by Gasteiger charge is 2.19. The van der Waals surface area contributed by atoms with Gasteiger partial charge in [-0.25, -0.2) is 14.8 Å². The topological polar surface area (TPSA) is 132 Å². The van der Waals surface area contributed by atoms with Gasteiger partial charge in [0.1, 0.15) is 17.2 Å². The van der Waals surface area contributed by atoms with Crippen LogP contribution in [0.15, 0.2) is 59.8 Å². The van der Waals surface area contributed by atoms with E-state index in [1.54, 1.807) is 63.2 Å². The van der Waals surface area contributed by atoms with E-state index in [2.05, 4.69) is 25.9 Å². The van der Waals surface area contributed by atoms with Crippen LogP contribution in [0.5, 0.6) is 5.75 Å². The molecule has 0 aliphatic carbocycles. The number of halogens is 1. The minimum absolute atomic E-state index is 0.0130. The summed E-state index contributed by atoms with van der Waals surface area (Å²) in [4.78, 5) is 47.0. The molecule has 3 rings (SSSR count). The second kappa shape index (κ2) is 13.8. The van der Waals surface area contributed by atoms with Crippen molar-refractivity contribution in [2.24, 2.45) is 0 Å². The Morgan fingerprint density at radius 1 is 1.03 bits per heavy atom. The monoisotopic (exact) mass is 571 g/mol. The zero-order valence-electron chi connectivity index (χ0n) is 22.0. The third-order valence-corrected chi connectivity index (χ3v) is 5.87. The van der Waals surface area contributed by atoms with Crippen LogP contribution in [0, 0.1) is 0 Å². The maximum Gasteiger partial charge on any atom is 0.407 e. The van der Waals surface area contributed by atoms with Crippen LogP contribution < -0.4 is 20.7 Å². The van der Waals surface area contributed by atoms with E-state index in [1.807, 2.05) is 6.26 Å². The van der Waals surface area contributed by atoms with Crippen molar-refractivity contribution in [3.63, 3.8) is 0 Å². The largest absolute Gasteiger partial charge is 0.493 e. The minimum Gasteiger partial charge on any atom is -0.493 e. The predicted molar refractivity (Wildman–Crippen MR) is 152 cm³/mol. The van der Waals surface area contributed by atoms with Gasteiger partial charge in [-0.3, -0.25) is 9.59 Å². The summed E-state index contributed by atoms with van der Waals surface area (Å²) < 4.78 is 11.1. The minimum atomic E-state index is -0.581. The standard InChI is InChI=1S/C27H30ClN5O5S/c1-27(2,3)38-26(36)30-13-6-14-37-21-15-18(39-4)9-10-19(21)24(34)32-20-7-5-12-29-23(20)25(35)33-22-11-8-17(28)16-31-22/h5,7-12,15-16H,6,13-14H2,1-4H3,(H,30,36)(H,32,34)(H,31,33,35). The first-order valence-corrected chi connectivity index (χ1v) is 13.6. The van der Waals surface area contributed by atoms with Crippen LogP contribution >= 0.6 is 23.4 Å². The van der Waals surface area contributed by atoms with E-state index >= 15 is 0 Å². The molecule has 0 radical (unpaired) electrons. The van der Waals surface area contributed by atoms with Crippen molar-refractivity contribution in [2.75, 3.05) is 30.0 Å². The van der Waals surface area contributed by atoms with Crippen LogP contribution in [0.4, 0.5) is 16.3 Å². The van der Waals surface area contributed by atoms with Crippen LogP contribution in [-0.2, 0) is 4.74 Å². The summed E-state index contributed by atoms with van der Waals surface area (Å²) in [5, 5.41) is 8.50. The second-order valence-electron chi connectivity index (χ2n) is 9.16. The molecule has 0 aliphatic rings. The maximum absolute atomic E-state index is 13.3. The Balaban J connectivity index is 1.67. The zero-order chi connectivity index (χ0) is 28.4. The molecule has 2 aromatic heterocycles. The second-order valence-corrected chi connectivity index (χ2v) is 10.5. The molecule has 0 saturated heterocycles. The van der Waals surface area contributed by atoms with Gasteiger partial charge in [0, 0.05) is 23.8 Å². The van der Waals surface area contributed by atoms with Crippen LogP contribution in [0.25, 0.3) is 0 Å². The Kier molecular flexibility index (Phi) is 10.5. The molecule has 10 nitrogen and oxygen atoms in total. The maximum atomic E-state index is 13.3. The molecule has 0 fully saturated rings. The van der Waals surface area contributed by atoms with Gasteiger partial charge in [-0.1, -0.05) is 11.6 Å². The average Bonchev–Trinajstić information content (AvgIpc) is 2.89. The summed E-state index contributed by atoms with van der Waals surface area (Å²) in [7, 11) is 0. The number of hydrogen-bond donors (Lipinski definition) is 3. The SMILES string of the molecule is CSc1ccc(C(=O)Nc2cccnc2C(=O)Nc2ccc(Cl)cn2)c(OCCCNC(=O)OC(C)(C)C)c1. The smallest absolute Gasteiger partial charge is 0.407 e. The van der Waals surface area contributed by atoms with E-state index < -0.39 is 23.5 Å². The lowest BCUT2D eigenvalue weighted by molar-refractivity contribution is 0.0525. The van der Waals surface area contributed by atoms with E-state index in [4.69, 9.17) is 21.1 Å². The Morgan fingerprint density at radius 2 is 1.82 bits per heavy atom. The summed E-state index contributed by atoms with van der Waals surface area (Å²) >= 11 is 7.36. The van der Waals surface area contributed by atoms with Crippen molar-refractivity contribution in [1.82, 2.24) is 15.3 Å². The fraction of sp³-hybridized carbons (Fsp3) is 0.296. The first-order chi connectivity index (χ1) is 18.6. The molecule has 3 amide bonds. The van der Waals surface area contributed by atoms with Gasteiger partial charge < -0.3 is 25.4 Å². The summed E-state index contributed by atoms with van der Waals surface area (Å²) in [6, 6.07) is 11.6. The number of ether oxygens (including phenoxy) is 2. The number of anilines is 2. The molecule has 206 valence electrons. The molecule has 3 N–H and O–H groups in total. The van der Waals surface area contributed by atoms with E-state index in [9.17, 15) is 14.4 Å². The number of pyridine rings is 2. The number of rotatable bonds is 10. The highest BCUT2D eigenvalue weighted by atomic mass is 35.5. The van der Waals surface area contributed by atoms with Crippen LogP contribution in [0.3, 0.4) is 0 Å². The van der Waals surface area contributed by atoms with Crippen LogP contribution in [0.1, 0.15) is 48.0 Å². The highest BCUT2D eigenvalue weighted by Crippen LogP contribution is 2.27. The van der Waals surface area contributed by atoms with Gasteiger partial charge in [-0.05, 0) is 75.9 Å². The van der Waals surface area contributed by atoms with E-state index in [-0.39, 0.29) is 29.4 Å². The van der Waals surface area contributed by atoms with Crippen molar-refractivity contribution >= 4 is 52.8 Å². The quantitative estimate of drug-likeness (QED) is 0.210. The molecule has 0 bridgehead atoms.